The maximum absolute atomic E-state index is 13.3. The van der Waals surface area contributed by atoms with Gasteiger partial charge >= 0.3 is 0 Å². The zero-order valence-electron chi connectivity index (χ0n) is 20.0. The summed E-state index contributed by atoms with van der Waals surface area (Å²) in [6.45, 7) is 6.26. The molecule has 0 bridgehead atoms. The molecule has 7 heteroatoms. The van der Waals surface area contributed by atoms with Gasteiger partial charge in [-0.05, 0) is 41.7 Å². The van der Waals surface area contributed by atoms with E-state index in [2.05, 4.69) is 0 Å². The molecule has 1 saturated heterocycles. The van der Waals surface area contributed by atoms with Gasteiger partial charge in [0.2, 0.25) is 11.8 Å². The van der Waals surface area contributed by atoms with E-state index in [-0.39, 0.29) is 36.0 Å². The van der Waals surface area contributed by atoms with Crippen molar-refractivity contribution in [3.8, 4) is 11.5 Å². The Morgan fingerprint density at radius 1 is 1.03 bits per heavy atom. The van der Waals surface area contributed by atoms with Crippen LogP contribution in [0.4, 0.5) is 5.69 Å². The van der Waals surface area contributed by atoms with Crippen molar-refractivity contribution in [2.24, 2.45) is 5.41 Å². The third-order valence-electron chi connectivity index (χ3n) is 5.60. The Morgan fingerprint density at radius 3 is 2.30 bits per heavy atom. The SMILES string of the molecule is COc1ccc(CCN(C(=O)CC(C)(C)C)C2CC(=O)N(c3ccccc3)C2=O)cc1OC. The Bertz CT molecular complexity index is 1010. The maximum atomic E-state index is 13.3. The standard InChI is InChI=1S/C26H32N2O5/c1-26(2,3)17-24(30)27(14-13-18-11-12-21(32-4)22(15-18)33-5)20-16-23(29)28(25(20)31)19-9-7-6-8-10-19/h6-12,15,20H,13-14,16-17H2,1-5H3. The van der Waals surface area contributed by atoms with Crippen molar-refractivity contribution in [1.29, 1.82) is 0 Å². The van der Waals surface area contributed by atoms with Crippen molar-refractivity contribution >= 4 is 23.4 Å². The minimum absolute atomic E-state index is 0.0183. The Balaban J connectivity index is 1.85. The number of methoxy groups -OCH3 is 2. The van der Waals surface area contributed by atoms with E-state index < -0.39 is 6.04 Å². The average molecular weight is 453 g/mol. The lowest BCUT2D eigenvalue weighted by atomic mass is 9.91. The second-order valence-corrected chi connectivity index (χ2v) is 9.39. The average Bonchev–Trinajstić information content (AvgIpc) is 3.06. The molecule has 176 valence electrons. The Labute approximate surface area is 195 Å². The molecule has 0 aliphatic carbocycles. The first-order valence-corrected chi connectivity index (χ1v) is 11.1. The van der Waals surface area contributed by atoms with E-state index in [1.165, 1.54) is 4.90 Å². The Morgan fingerprint density at radius 2 is 1.70 bits per heavy atom. The van der Waals surface area contributed by atoms with E-state index in [0.717, 1.165) is 5.56 Å². The van der Waals surface area contributed by atoms with Crippen LogP contribution in [0.15, 0.2) is 48.5 Å². The Kier molecular flexibility index (Phi) is 7.41. The molecule has 1 aliphatic rings. The molecular weight excluding hydrogens is 420 g/mol. The highest BCUT2D eigenvalue weighted by Gasteiger charge is 2.44. The summed E-state index contributed by atoms with van der Waals surface area (Å²) >= 11 is 0. The third-order valence-corrected chi connectivity index (χ3v) is 5.60. The summed E-state index contributed by atoms with van der Waals surface area (Å²) in [4.78, 5) is 42.1. The fourth-order valence-electron chi connectivity index (χ4n) is 4.00. The minimum atomic E-state index is -0.812. The van der Waals surface area contributed by atoms with Crippen molar-refractivity contribution in [3.63, 3.8) is 0 Å². The van der Waals surface area contributed by atoms with Crippen LogP contribution in [0.3, 0.4) is 0 Å². The van der Waals surface area contributed by atoms with Crippen LogP contribution in [0.25, 0.3) is 0 Å². The molecule has 3 amide bonds. The zero-order chi connectivity index (χ0) is 24.2. The lowest BCUT2D eigenvalue weighted by molar-refractivity contribution is -0.139. The van der Waals surface area contributed by atoms with Crippen molar-refractivity contribution < 1.29 is 23.9 Å². The number of carbonyl (C=O) groups is 3. The second kappa shape index (κ2) is 10.1. The molecule has 33 heavy (non-hydrogen) atoms. The summed E-state index contributed by atoms with van der Waals surface area (Å²) in [5.74, 6) is 0.433. The second-order valence-electron chi connectivity index (χ2n) is 9.39. The molecule has 2 aromatic rings. The van der Waals surface area contributed by atoms with Gasteiger partial charge in [0.05, 0.1) is 26.3 Å². The van der Waals surface area contributed by atoms with Crippen LogP contribution in [0, 0.1) is 5.41 Å². The van der Waals surface area contributed by atoms with Gasteiger partial charge in [0.1, 0.15) is 6.04 Å². The van der Waals surface area contributed by atoms with Crippen LogP contribution in [-0.2, 0) is 20.8 Å². The molecule has 0 saturated carbocycles. The first-order chi connectivity index (χ1) is 15.6. The van der Waals surface area contributed by atoms with Crippen molar-refractivity contribution in [3.05, 3.63) is 54.1 Å². The quantitative estimate of drug-likeness (QED) is 0.569. The monoisotopic (exact) mass is 452 g/mol. The first-order valence-electron chi connectivity index (χ1n) is 11.1. The summed E-state index contributed by atoms with van der Waals surface area (Å²) in [5.41, 5.74) is 1.22. The number of imide groups is 1. The van der Waals surface area contributed by atoms with Crippen LogP contribution in [0.5, 0.6) is 11.5 Å². The van der Waals surface area contributed by atoms with Crippen molar-refractivity contribution in [2.75, 3.05) is 25.7 Å². The molecule has 1 fully saturated rings. The number of hydrogen-bond acceptors (Lipinski definition) is 5. The number of hydrogen-bond donors (Lipinski definition) is 0. The number of benzene rings is 2. The van der Waals surface area contributed by atoms with Gasteiger partial charge in [0.25, 0.3) is 5.91 Å². The molecule has 3 rings (SSSR count). The third kappa shape index (κ3) is 5.72. The van der Waals surface area contributed by atoms with Crippen LogP contribution >= 0.6 is 0 Å². The van der Waals surface area contributed by atoms with Crippen molar-refractivity contribution in [1.82, 2.24) is 4.90 Å². The molecule has 1 heterocycles. The smallest absolute Gasteiger partial charge is 0.257 e. The number of ether oxygens (including phenoxy) is 2. The highest BCUT2D eigenvalue weighted by atomic mass is 16.5. The van der Waals surface area contributed by atoms with Crippen LogP contribution in [0.1, 0.15) is 39.2 Å². The molecule has 0 radical (unpaired) electrons. The predicted octanol–water partition coefficient (Wildman–Crippen LogP) is 3.84. The molecule has 0 aromatic heterocycles. The van der Waals surface area contributed by atoms with E-state index >= 15 is 0 Å². The highest BCUT2D eigenvalue weighted by molar-refractivity contribution is 6.23. The summed E-state index contributed by atoms with van der Waals surface area (Å²) < 4.78 is 10.7. The van der Waals surface area contributed by atoms with Crippen LogP contribution in [-0.4, -0.2) is 49.4 Å². The Hall–Kier alpha value is -3.35. The van der Waals surface area contributed by atoms with E-state index in [1.807, 2.05) is 45.0 Å². The number of anilines is 1. The number of rotatable bonds is 8. The van der Waals surface area contributed by atoms with Crippen molar-refractivity contribution in [2.45, 2.75) is 46.1 Å². The van der Waals surface area contributed by atoms with E-state index in [0.29, 0.717) is 30.2 Å². The first kappa shape index (κ1) is 24.3. The lowest BCUT2D eigenvalue weighted by Crippen LogP contribution is -2.47. The molecule has 1 unspecified atom stereocenters. The molecule has 1 aliphatic heterocycles. The molecule has 0 N–H and O–H groups in total. The summed E-state index contributed by atoms with van der Waals surface area (Å²) in [6, 6.07) is 13.6. The van der Waals surface area contributed by atoms with Gasteiger partial charge in [-0.3, -0.25) is 14.4 Å². The van der Waals surface area contributed by atoms with Gasteiger partial charge in [-0.1, -0.05) is 45.0 Å². The minimum Gasteiger partial charge on any atom is -0.493 e. The number of amides is 3. The van der Waals surface area contributed by atoms with Gasteiger partial charge in [-0.15, -0.1) is 0 Å². The predicted molar refractivity (Wildman–Crippen MR) is 126 cm³/mol. The van der Waals surface area contributed by atoms with E-state index in [4.69, 9.17) is 9.47 Å². The highest BCUT2D eigenvalue weighted by Crippen LogP contribution is 2.30. The lowest BCUT2D eigenvalue weighted by Gasteiger charge is -2.30. The van der Waals surface area contributed by atoms with Gasteiger partial charge in [-0.25, -0.2) is 4.90 Å². The number of carbonyl (C=O) groups excluding carboxylic acids is 3. The van der Waals surface area contributed by atoms with E-state index in [9.17, 15) is 14.4 Å². The molecule has 0 spiro atoms. The summed E-state index contributed by atoms with van der Waals surface area (Å²) in [6.07, 6.45) is 0.775. The van der Waals surface area contributed by atoms with Crippen LogP contribution < -0.4 is 14.4 Å². The van der Waals surface area contributed by atoms with Crippen LogP contribution in [0.2, 0.25) is 0 Å². The summed E-state index contributed by atoms with van der Waals surface area (Å²) in [7, 11) is 3.15. The fourth-order valence-corrected chi connectivity index (χ4v) is 4.00. The molecule has 2 aromatic carbocycles. The van der Waals surface area contributed by atoms with Gasteiger partial charge in [0.15, 0.2) is 11.5 Å². The molecule has 7 nitrogen and oxygen atoms in total. The number of para-hydroxylation sites is 1. The largest absolute Gasteiger partial charge is 0.493 e. The fraction of sp³-hybridized carbons (Fsp3) is 0.423. The summed E-state index contributed by atoms with van der Waals surface area (Å²) in [5, 5.41) is 0. The van der Waals surface area contributed by atoms with Gasteiger partial charge < -0.3 is 14.4 Å². The van der Waals surface area contributed by atoms with Gasteiger partial charge in [-0.2, -0.15) is 0 Å². The van der Waals surface area contributed by atoms with Gasteiger partial charge in [0, 0.05) is 13.0 Å². The normalized spacial score (nSPS) is 16.2. The molecular formula is C26H32N2O5. The number of nitrogens with zero attached hydrogens (tertiary/aromatic N) is 2. The molecule has 1 atom stereocenters. The topological polar surface area (TPSA) is 76.2 Å². The zero-order valence-corrected chi connectivity index (χ0v) is 20.0. The van der Waals surface area contributed by atoms with E-state index in [1.54, 1.807) is 43.4 Å². The maximum Gasteiger partial charge on any atom is 0.257 e.